The Kier molecular flexibility index (Phi) is 6.30. The fourth-order valence-corrected chi connectivity index (χ4v) is 3.92. The Morgan fingerprint density at radius 1 is 1.41 bits per heavy atom. The number of rotatable bonds is 7. The van der Waals surface area contributed by atoms with Gasteiger partial charge in [-0.05, 0) is 43.0 Å². The summed E-state index contributed by atoms with van der Waals surface area (Å²) in [5.41, 5.74) is -0.493. The molecule has 0 fully saturated rings. The molecule has 0 saturated carbocycles. The van der Waals surface area contributed by atoms with Gasteiger partial charge in [0.25, 0.3) is 0 Å². The van der Waals surface area contributed by atoms with Crippen LogP contribution in [0.1, 0.15) is 42.2 Å². The summed E-state index contributed by atoms with van der Waals surface area (Å²) in [7, 11) is 0. The van der Waals surface area contributed by atoms with Gasteiger partial charge >= 0.3 is 0 Å². The molecule has 0 amide bonds. The van der Waals surface area contributed by atoms with E-state index < -0.39 is 11.5 Å². The highest BCUT2D eigenvalue weighted by atomic mass is 35.5. The predicted octanol–water partition coefficient (Wildman–Crippen LogP) is 5.79. The van der Waals surface area contributed by atoms with Gasteiger partial charge in [-0.1, -0.05) is 41.4 Å². The zero-order chi connectivity index (χ0) is 19.4. The van der Waals surface area contributed by atoms with Gasteiger partial charge in [0.1, 0.15) is 6.10 Å². The molecule has 1 aliphatic rings. The molecule has 0 radical (unpaired) electrons. The Bertz CT molecular complexity index is 858. The molecule has 0 N–H and O–H groups in total. The molecule has 2 aromatic rings. The lowest BCUT2D eigenvalue weighted by Gasteiger charge is -2.34. The molecule has 3 rings (SSSR count). The number of carbonyl (C=O) groups is 1. The van der Waals surface area contributed by atoms with Gasteiger partial charge in [-0.15, -0.1) is 6.58 Å². The van der Waals surface area contributed by atoms with E-state index in [0.717, 1.165) is 5.56 Å². The lowest BCUT2D eigenvalue weighted by atomic mass is 9.77. The van der Waals surface area contributed by atoms with E-state index in [1.165, 1.54) is 0 Å². The molecule has 0 spiro atoms. The largest absolute Gasteiger partial charge is 0.368 e. The molecular weight excluding hydrogens is 388 g/mol. The Hall–Kier alpha value is -1.75. The summed E-state index contributed by atoms with van der Waals surface area (Å²) in [4.78, 5) is 17.1. The van der Waals surface area contributed by atoms with Crippen molar-refractivity contribution < 1.29 is 13.9 Å². The minimum Gasteiger partial charge on any atom is -0.368 e. The Morgan fingerprint density at radius 3 is 2.96 bits per heavy atom. The number of aromatic nitrogens is 1. The molecule has 3 nitrogen and oxygen atoms in total. The minimum absolute atomic E-state index is 0.0460. The Balaban J connectivity index is 1.80. The van der Waals surface area contributed by atoms with Crippen molar-refractivity contribution in [2.24, 2.45) is 0 Å². The van der Waals surface area contributed by atoms with Gasteiger partial charge in [0, 0.05) is 28.2 Å². The third-order valence-corrected chi connectivity index (χ3v) is 5.40. The van der Waals surface area contributed by atoms with Crippen LogP contribution in [0.5, 0.6) is 0 Å². The number of aryl methyl sites for hydroxylation is 1. The van der Waals surface area contributed by atoms with Crippen molar-refractivity contribution in [3.8, 4) is 0 Å². The average molecular weight is 408 g/mol. The molecule has 1 aliphatic carbocycles. The summed E-state index contributed by atoms with van der Waals surface area (Å²) in [6.45, 7) is 3.98. The van der Waals surface area contributed by atoms with Crippen LogP contribution in [0.4, 0.5) is 4.39 Å². The number of fused-ring (bicyclic) bond motifs is 1. The van der Waals surface area contributed by atoms with Gasteiger partial charge in [0.2, 0.25) is 0 Å². The van der Waals surface area contributed by atoms with Crippen molar-refractivity contribution in [1.29, 1.82) is 0 Å². The van der Waals surface area contributed by atoms with Gasteiger partial charge < -0.3 is 4.74 Å². The topological polar surface area (TPSA) is 39.2 Å². The highest BCUT2D eigenvalue weighted by molar-refractivity contribution is 6.35. The number of carbonyl (C=O) groups excluding carboxylic acids is 1. The van der Waals surface area contributed by atoms with Crippen LogP contribution >= 0.6 is 23.2 Å². The smallest absolute Gasteiger partial charge is 0.195 e. The van der Waals surface area contributed by atoms with Gasteiger partial charge in [-0.3, -0.25) is 9.78 Å². The lowest BCUT2D eigenvalue weighted by molar-refractivity contribution is -0.133. The number of hydrogen-bond acceptors (Lipinski definition) is 3. The van der Waals surface area contributed by atoms with Gasteiger partial charge in [0.05, 0.1) is 12.3 Å². The van der Waals surface area contributed by atoms with E-state index in [1.807, 2.05) is 0 Å². The fourth-order valence-electron chi connectivity index (χ4n) is 3.42. The van der Waals surface area contributed by atoms with Gasteiger partial charge in [-0.25, -0.2) is 4.39 Å². The minimum atomic E-state index is -2.06. The van der Waals surface area contributed by atoms with E-state index in [9.17, 15) is 4.79 Å². The summed E-state index contributed by atoms with van der Waals surface area (Å²) in [5.74, 6) is -0.468. The van der Waals surface area contributed by atoms with E-state index in [2.05, 4.69) is 11.6 Å². The van der Waals surface area contributed by atoms with Crippen molar-refractivity contribution in [2.45, 2.75) is 37.5 Å². The first-order chi connectivity index (χ1) is 13.0. The molecular formula is C21H20Cl2FNO2. The molecule has 0 saturated heterocycles. The van der Waals surface area contributed by atoms with E-state index in [1.54, 1.807) is 42.6 Å². The second-order valence-corrected chi connectivity index (χ2v) is 7.39. The van der Waals surface area contributed by atoms with Crippen LogP contribution in [0.2, 0.25) is 10.0 Å². The number of ether oxygens (including phenoxy) is 1. The van der Waals surface area contributed by atoms with Crippen molar-refractivity contribution in [3.05, 3.63) is 76.0 Å². The number of ketones is 1. The molecule has 1 heterocycles. The third-order valence-electron chi connectivity index (χ3n) is 4.82. The van der Waals surface area contributed by atoms with Crippen LogP contribution in [0.15, 0.2) is 49.2 Å². The maximum atomic E-state index is 15.8. The van der Waals surface area contributed by atoms with Gasteiger partial charge in [-0.2, -0.15) is 0 Å². The number of halogens is 3. The third kappa shape index (κ3) is 4.23. The van der Waals surface area contributed by atoms with E-state index in [0.29, 0.717) is 40.8 Å². The normalized spacial score (nSPS) is 21.5. The van der Waals surface area contributed by atoms with Crippen LogP contribution in [0, 0.1) is 0 Å². The summed E-state index contributed by atoms with van der Waals surface area (Å²) < 4.78 is 21.5. The SMILES string of the molecule is C=CCO[C@@H]1CC[C@](F)(C(=O)CCc2ccc(Cl)cc2Cl)c2cccnc21. The predicted molar refractivity (Wildman–Crippen MR) is 105 cm³/mol. The number of pyridine rings is 1. The first-order valence-corrected chi connectivity index (χ1v) is 9.55. The first kappa shape index (κ1) is 20.0. The standard InChI is InChI=1S/C21H20Cl2FNO2/c1-2-12-27-18-9-10-21(24,16-4-3-11-25-20(16)18)19(26)8-6-14-5-7-15(22)13-17(14)23/h2-5,7,11,13,18H,1,6,8-10,12H2/t18-,21-/m1/s1. The monoisotopic (exact) mass is 407 g/mol. The van der Waals surface area contributed by atoms with E-state index >= 15 is 4.39 Å². The molecule has 0 unspecified atom stereocenters. The molecule has 1 aromatic heterocycles. The maximum absolute atomic E-state index is 15.8. The van der Waals surface area contributed by atoms with Crippen molar-refractivity contribution >= 4 is 29.0 Å². The molecule has 27 heavy (non-hydrogen) atoms. The first-order valence-electron chi connectivity index (χ1n) is 8.79. The van der Waals surface area contributed by atoms with Crippen LogP contribution in [0.25, 0.3) is 0 Å². The van der Waals surface area contributed by atoms with Crippen molar-refractivity contribution in [3.63, 3.8) is 0 Å². The maximum Gasteiger partial charge on any atom is 0.195 e. The molecule has 1 aromatic carbocycles. The zero-order valence-corrected chi connectivity index (χ0v) is 16.3. The molecule has 2 atom stereocenters. The molecule has 0 bridgehead atoms. The van der Waals surface area contributed by atoms with Crippen LogP contribution in [-0.2, 0) is 21.6 Å². The second-order valence-electron chi connectivity index (χ2n) is 6.55. The second kappa shape index (κ2) is 8.51. The van der Waals surface area contributed by atoms with Crippen molar-refractivity contribution in [1.82, 2.24) is 4.98 Å². The molecule has 6 heteroatoms. The highest BCUT2D eigenvalue weighted by Crippen LogP contribution is 2.44. The summed E-state index contributed by atoms with van der Waals surface area (Å²) in [5, 5.41) is 1.00. The number of alkyl halides is 1. The van der Waals surface area contributed by atoms with Crippen LogP contribution in [-0.4, -0.2) is 17.4 Å². The summed E-state index contributed by atoms with van der Waals surface area (Å²) in [6.07, 6.45) is 3.76. The van der Waals surface area contributed by atoms with Crippen molar-refractivity contribution in [2.75, 3.05) is 6.61 Å². The quantitative estimate of drug-likeness (QED) is 0.544. The van der Waals surface area contributed by atoms with Crippen LogP contribution < -0.4 is 0 Å². The van der Waals surface area contributed by atoms with E-state index in [4.69, 9.17) is 27.9 Å². The summed E-state index contributed by atoms with van der Waals surface area (Å²) >= 11 is 12.1. The number of Topliss-reactive ketones (excluding diaryl/α,β-unsaturated/α-hetero) is 1. The van der Waals surface area contributed by atoms with Gasteiger partial charge in [0.15, 0.2) is 11.5 Å². The number of benzene rings is 1. The average Bonchev–Trinajstić information content (AvgIpc) is 2.67. The summed E-state index contributed by atoms with van der Waals surface area (Å²) in [6, 6.07) is 8.36. The Labute approximate surface area is 168 Å². The highest BCUT2D eigenvalue weighted by Gasteiger charge is 2.46. The lowest BCUT2D eigenvalue weighted by Crippen LogP contribution is -2.37. The molecule has 142 valence electrons. The fraction of sp³-hybridized carbons (Fsp3) is 0.333. The number of hydrogen-bond donors (Lipinski definition) is 0. The zero-order valence-electron chi connectivity index (χ0n) is 14.8. The Morgan fingerprint density at radius 2 is 2.22 bits per heavy atom. The molecule has 0 aliphatic heterocycles. The van der Waals surface area contributed by atoms with Crippen LogP contribution in [0.3, 0.4) is 0 Å². The van der Waals surface area contributed by atoms with E-state index in [-0.39, 0.29) is 18.9 Å². The number of nitrogens with zero attached hydrogens (tertiary/aromatic N) is 1.